The number of carbonyl (C=O) groups is 1. The van der Waals surface area contributed by atoms with E-state index in [1.807, 2.05) is 12.1 Å². The molecule has 1 spiro atoms. The van der Waals surface area contributed by atoms with E-state index in [1.165, 1.54) is 10.9 Å². The van der Waals surface area contributed by atoms with Crippen molar-refractivity contribution in [1.29, 1.82) is 0 Å². The van der Waals surface area contributed by atoms with Gasteiger partial charge in [0.1, 0.15) is 5.75 Å². The molecule has 1 saturated heterocycles. The van der Waals surface area contributed by atoms with Crippen LogP contribution in [0.1, 0.15) is 43.0 Å². The summed E-state index contributed by atoms with van der Waals surface area (Å²) >= 11 is 0. The molecule has 0 unspecified atom stereocenters. The van der Waals surface area contributed by atoms with Crippen LogP contribution < -0.4 is 4.74 Å². The molecule has 2 N–H and O–H groups in total. The topological polar surface area (TPSA) is 68.8 Å². The Bertz CT molecular complexity index is 909. The predicted octanol–water partition coefficient (Wildman–Crippen LogP) is 2.43. The number of hydrogen-bond acceptors (Lipinski definition) is 4. The lowest BCUT2D eigenvalue weighted by molar-refractivity contribution is -0.134. The zero-order valence-corrected chi connectivity index (χ0v) is 16.7. The van der Waals surface area contributed by atoms with E-state index in [0.717, 1.165) is 62.3 Å². The number of rotatable bonds is 3. The van der Waals surface area contributed by atoms with Crippen LogP contribution in [-0.2, 0) is 10.2 Å². The van der Waals surface area contributed by atoms with Crippen molar-refractivity contribution in [1.82, 2.24) is 14.8 Å². The minimum Gasteiger partial charge on any atom is -0.497 e. The summed E-state index contributed by atoms with van der Waals surface area (Å²) in [5.41, 5.74) is 3.55. The molecule has 1 atom stereocenters. The normalized spacial score (nSPS) is 24.5. The zero-order chi connectivity index (χ0) is 19.5. The molecule has 3 heterocycles. The number of ether oxygens (including phenoxy) is 1. The fourth-order valence-corrected chi connectivity index (χ4v) is 5.42. The second-order valence-corrected chi connectivity index (χ2v) is 8.82. The Morgan fingerprint density at radius 3 is 2.71 bits per heavy atom. The first kappa shape index (κ1) is 18.0. The average Bonchev–Trinajstić information content (AvgIpc) is 3.48. The molecule has 6 heteroatoms. The highest BCUT2D eigenvalue weighted by atomic mass is 16.5. The predicted molar refractivity (Wildman–Crippen MR) is 108 cm³/mol. The van der Waals surface area contributed by atoms with Gasteiger partial charge in [0.15, 0.2) is 0 Å². The summed E-state index contributed by atoms with van der Waals surface area (Å²) in [6.45, 7) is 2.66. The molecule has 0 radical (unpaired) electrons. The summed E-state index contributed by atoms with van der Waals surface area (Å²) in [6, 6.07) is 6.18. The van der Waals surface area contributed by atoms with Crippen LogP contribution in [0.4, 0.5) is 0 Å². The molecule has 0 bridgehead atoms. The summed E-state index contributed by atoms with van der Waals surface area (Å²) in [7, 11) is 3.78. The minimum absolute atomic E-state index is 0.0168. The van der Waals surface area contributed by atoms with Gasteiger partial charge in [-0.05, 0) is 50.4 Å². The number of aromatic amines is 1. The molecule has 2 fully saturated rings. The van der Waals surface area contributed by atoms with Crippen molar-refractivity contribution >= 4 is 16.8 Å². The van der Waals surface area contributed by atoms with E-state index >= 15 is 0 Å². The van der Waals surface area contributed by atoms with Crippen molar-refractivity contribution in [2.24, 2.45) is 5.92 Å². The first-order chi connectivity index (χ1) is 13.6. The number of amides is 1. The molecule has 2 aromatic rings. The molecular formula is C22H29N3O3. The Kier molecular flexibility index (Phi) is 4.18. The highest BCUT2D eigenvalue weighted by Crippen LogP contribution is 2.49. The van der Waals surface area contributed by atoms with Crippen molar-refractivity contribution in [2.45, 2.75) is 37.1 Å². The van der Waals surface area contributed by atoms with E-state index in [2.05, 4.69) is 27.9 Å². The number of aliphatic hydroxyl groups excluding tert-OH is 1. The Hall–Kier alpha value is -2.05. The number of H-pyrrole nitrogens is 1. The Morgan fingerprint density at radius 2 is 2.07 bits per heavy atom. The molecule has 3 aliphatic rings. The molecular weight excluding hydrogens is 354 g/mol. The molecule has 5 rings (SSSR count). The Morgan fingerprint density at radius 1 is 1.32 bits per heavy atom. The fourth-order valence-electron chi connectivity index (χ4n) is 5.42. The lowest BCUT2D eigenvalue weighted by Gasteiger charge is -2.49. The summed E-state index contributed by atoms with van der Waals surface area (Å²) < 4.78 is 5.41. The van der Waals surface area contributed by atoms with Gasteiger partial charge in [-0.3, -0.25) is 9.69 Å². The van der Waals surface area contributed by atoms with Gasteiger partial charge >= 0.3 is 0 Å². The summed E-state index contributed by atoms with van der Waals surface area (Å²) in [4.78, 5) is 20.5. The summed E-state index contributed by atoms with van der Waals surface area (Å²) in [5, 5.41) is 11.3. The number of benzene rings is 1. The molecule has 1 aliphatic carbocycles. The second-order valence-electron chi connectivity index (χ2n) is 8.82. The molecule has 150 valence electrons. The van der Waals surface area contributed by atoms with Crippen LogP contribution >= 0.6 is 0 Å². The average molecular weight is 383 g/mol. The summed E-state index contributed by atoms with van der Waals surface area (Å²) in [5.74, 6) is 1.48. The lowest BCUT2D eigenvalue weighted by Crippen LogP contribution is -2.53. The van der Waals surface area contributed by atoms with Gasteiger partial charge in [-0.1, -0.05) is 0 Å². The van der Waals surface area contributed by atoms with Crippen molar-refractivity contribution in [3.8, 4) is 5.75 Å². The number of piperidine rings is 1. The lowest BCUT2D eigenvalue weighted by atomic mass is 9.68. The van der Waals surface area contributed by atoms with Gasteiger partial charge in [0.05, 0.1) is 19.8 Å². The molecule has 1 amide bonds. The van der Waals surface area contributed by atoms with E-state index < -0.39 is 0 Å². The molecule has 2 aliphatic heterocycles. The van der Waals surface area contributed by atoms with Crippen molar-refractivity contribution in [3.63, 3.8) is 0 Å². The standard InChI is InChI=1S/C22H29N3O3/c1-24-13-22(7-9-25(10-8-22)21(27)14-3-4-14)19-16-6-5-15(28-2)11-17(16)23-20(19)18(24)12-26/h5-6,11,14,18,23,26H,3-4,7-10,12-13H2,1-2H3/t18-/m1/s1. The molecule has 28 heavy (non-hydrogen) atoms. The number of aromatic nitrogens is 1. The quantitative estimate of drug-likeness (QED) is 0.854. The number of likely N-dealkylation sites (tertiary alicyclic amines) is 1. The van der Waals surface area contributed by atoms with Gasteiger partial charge in [-0.15, -0.1) is 0 Å². The van der Waals surface area contributed by atoms with Crippen LogP contribution in [0, 0.1) is 5.92 Å². The SMILES string of the molecule is COc1ccc2c3c([nH]c2c1)[C@@H](CO)N(C)CC31CCN(C(=O)C2CC2)CC1. The van der Waals surface area contributed by atoms with Crippen LogP contribution in [-0.4, -0.2) is 66.2 Å². The molecule has 6 nitrogen and oxygen atoms in total. The number of carbonyl (C=O) groups excluding carboxylic acids is 1. The number of nitrogens with one attached hydrogen (secondary N) is 1. The van der Waals surface area contributed by atoms with Crippen LogP contribution in [0.5, 0.6) is 5.75 Å². The number of likely N-dealkylation sites (N-methyl/N-ethyl adjacent to an activating group) is 1. The third-order valence-electron chi connectivity index (χ3n) is 7.11. The smallest absolute Gasteiger partial charge is 0.225 e. The molecule has 1 aromatic heterocycles. The summed E-state index contributed by atoms with van der Waals surface area (Å²) in [6.07, 6.45) is 4.07. The van der Waals surface area contributed by atoms with E-state index in [1.54, 1.807) is 7.11 Å². The van der Waals surface area contributed by atoms with Crippen LogP contribution in [0.3, 0.4) is 0 Å². The van der Waals surface area contributed by atoms with Gasteiger partial charge in [0.25, 0.3) is 0 Å². The van der Waals surface area contributed by atoms with Gasteiger partial charge in [-0.25, -0.2) is 0 Å². The van der Waals surface area contributed by atoms with Crippen molar-refractivity contribution in [2.75, 3.05) is 40.4 Å². The largest absolute Gasteiger partial charge is 0.497 e. The van der Waals surface area contributed by atoms with Gasteiger partial charge in [0.2, 0.25) is 5.91 Å². The van der Waals surface area contributed by atoms with Crippen LogP contribution in [0.25, 0.3) is 10.9 Å². The minimum atomic E-state index is -0.0230. The van der Waals surface area contributed by atoms with Gasteiger partial charge in [0, 0.05) is 53.6 Å². The Labute approximate surface area is 165 Å². The van der Waals surface area contributed by atoms with Crippen molar-refractivity contribution in [3.05, 3.63) is 29.5 Å². The van der Waals surface area contributed by atoms with E-state index in [0.29, 0.717) is 5.91 Å². The maximum absolute atomic E-state index is 12.5. The fraction of sp³-hybridized carbons (Fsp3) is 0.591. The third-order valence-corrected chi connectivity index (χ3v) is 7.11. The number of aliphatic hydroxyl groups is 1. The highest BCUT2D eigenvalue weighted by Gasteiger charge is 2.47. The maximum atomic E-state index is 12.5. The van der Waals surface area contributed by atoms with Crippen LogP contribution in [0.15, 0.2) is 18.2 Å². The zero-order valence-electron chi connectivity index (χ0n) is 16.7. The van der Waals surface area contributed by atoms with E-state index in [4.69, 9.17) is 4.74 Å². The van der Waals surface area contributed by atoms with E-state index in [-0.39, 0.29) is 24.0 Å². The third kappa shape index (κ3) is 2.65. The van der Waals surface area contributed by atoms with Gasteiger partial charge in [-0.2, -0.15) is 0 Å². The van der Waals surface area contributed by atoms with E-state index in [9.17, 15) is 9.90 Å². The first-order valence-corrected chi connectivity index (χ1v) is 10.4. The second kappa shape index (κ2) is 6.49. The molecule has 1 aromatic carbocycles. The first-order valence-electron chi connectivity index (χ1n) is 10.4. The molecule has 1 saturated carbocycles. The number of hydrogen-bond donors (Lipinski definition) is 2. The number of nitrogens with zero attached hydrogens (tertiary/aromatic N) is 2. The van der Waals surface area contributed by atoms with Gasteiger partial charge < -0.3 is 19.7 Å². The number of methoxy groups -OCH3 is 1. The Balaban J connectivity index is 1.56. The van der Waals surface area contributed by atoms with Crippen LogP contribution in [0.2, 0.25) is 0 Å². The number of fused-ring (bicyclic) bond motifs is 4. The van der Waals surface area contributed by atoms with Crippen molar-refractivity contribution < 1.29 is 14.6 Å². The highest BCUT2D eigenvalue weighted by molar-refractivity contribution is 5.88. The monoisotopic (exact) mass is 383 g/mol. The maximum Gasteiger partial charge on any atom is 0.225 e.